The molecule has 0 aliphatic carbocycles. The van der Waals surface area contributed by atoms with E-state index in [0.29, 0.717) is 5.89 Å². The summed E-state index contributed by atoms with van der Waals surface area (Å²) in [4.78, 5) is 4.74. The maximum absolute atomic E-state index is 6.09. The maximum Gasteiger partial charge on any atom is 0.227 e. The van der Waals surface area contributed by atoms with Crippen LogP contribution in [0.15, 0.2) is 174 Å². The standard InChI is InChI=1S/C47H28N2O/c1-4-13-42-35(10-1)36-11-2-5-14-43(36)49(42)34-24-20-30(21-25-34)40-28-39(37-26-22-31-8-7-9-32-23-27-38(40)46(37)45(31)32)29-16-18-33(19-17-29)47-48-41-12-3-6-15-44(41)50-47/h1-28H. The van der Waals surface area contributed by atoms with Crippen molar-refractivity contribution in [3.63, 3.8) is 0 Å². The minimum absolute atomic E-state index is 0.636. The summed E-state index contributed by atoms with van der Waals surface area (Å²) >= 11 is 0. The molecule has 0 spiro atoms. The Kier molecular flexibility index (Phi) is 5.67. The average molecular weight is 637 g/mol. The quantitative estimate of drug-likeness (QED) is 0.180. The molecule has 2 heterocycles. The number of oxazole rings is 1. The number of aromatic nitrogens is 2. The van der Waals surface area contributed by atoms with E-state index in [4.69, 9.17) is 9.40 Å². The molecule has 0 saturated carbocycles. The molecule has 0 radical (unpaired) electrons. The van der Waals surface area contributed by atoms with Crippen molar-refractivity contribution in [3.05, 3.63) is 170 Å². The topological polar surface area (TPSA) is 31.0 Å². The second-order valence-corrected chi connectivity index (χ2v) is 13.1. The van der Waals surface area contributed by atoms with Crippen molar-refractivity contribution in [2.75, 3.05) is 0 Å². The van der Waals surface area contributed by atoms with Gasteiger partial charge in [-0.25, -0.2) is 4.98 Å². The van der Waals surface area contributed by atoms with Crippen molar-refractivity contribution < 1.29 is 4.42 Å². The molecule has 9 aromatic carbocycles. The summed E-state index contributed by atoms with van der Waals surface area (Å²) in [6.45, 7) is 0. The van der Waals surface area contributed by atoms with Crippen LogP contribution in [0.25, 0.3) is 105 Å². The third kappa shape index (κ3) is 3.95. The zero-order valence-electron chi connectivity index (χ0n) is 27.0. The Morgan fingerprint density at radius 3 is 1.62 bits per heavy atom. The first kappa shape index (κ1) is 27.3. The number of hydrogen-bond acceptors (Lipinski definition) is 2. The first-order valence-electron chi connectivity index (χ1n) is 17.0. The van der Waals surface area contributed by atoms with Crippen molar-refractivity contribution in [2.24, 2.45) is 0 Å². The van der Waals surface area contributed by atoms with E-state index in [1.54, 1.807) is 0 Å². The lowest BCUT2D eigenvalue weighted by molar-refractivity contribution is 0.620. The van der Waals surface area contributed by atoms with Gasteiger partial charge in [-0.15, -0.1) is 0 Å². The molecule has 50 heavy (non-hydrogen) atoms. The fourth-order valence-corrected chi connectivity index (χ4v) is 8.09. The fraction of sp³-hybridized carbons (Fsp3) is 0. The summed E-state index contributed by atoms with van der Waals surface area (Å²) < 4.78 is 8.47. The molecular formula is C47H28N2O. The fourth-order valence-electron chi connectivity index (χ4n) is 8.09. The number of hydrogen-bond donors (Lipinski definition) is 0. The summed E-state index contributed by atoms with van der Waals surface area (Å²) in [7, 11) is 0. The second-order valence-electron chi connectivity index (χ2n) is 13.1. The highest BCUT2D eigenvalue weighted by molar-refractivity contribution is 6.28. The Hall–Kier alpha value is -6.71. The SMILES string of the molecule is c1cc2ccc3c(-c4ccc(-c5nc6ccccc6o5)cc4)cc(-c4ccc(-n5c6ccccc6c6ccccc65)cc4)c4ccc(c1)c2c34. The third-order valence-corrected chi connectivity index (χ3v) is 10.4. The molecule has 0 atom stereocenters. The summed E-state index contributed by atoms with van der Waals surface area (Å²) in [6.07, 6.45) is 0. The van der Waals surface area contributed by atoms with Crippen LogP contribution in [0.5, 0.6) is 0 Å². The lowest BCUT2D eigenvalue weighted by Gasteiger charge is -2.18. The van der Waals surface area contributed by atoms with Crippen LogP contribution in [0, 0.1) is 0 Å². The molecule has 2 aromatic heterocycles. The normalized spacial score (nSPS) is 12.0. The average Bonchev–Trinajstić information content (AvgIpc) is 3.77. The highest BCUT2D eigenvalue weighted by Gasteiger charge is 2.18. The van der Waals surface area contributed by atoms with Gasteiger partial charge in [0.1, 0.15) is 5.52 Å². The minimum atomic E-state index is 0.636. The van der Waals surface area contributed by atoms with Gasteiger partial charge in [-0.3, -0.25) is 0 Å². The highest BCUT2D eigenvalue weighted by Crippen LogP contribution is 2.44. The highest BCUT2D eigenvalue weighted by atomic mass is 16.3. The number of fused-ring (bicyclic) bond motifs is 4. The van der Waals surface area contributed by atoms with Crippen LogP contribution < -0.4 is 0 Å². The lowest BCUT2D eigenvalue weighted by atomic mass is 9.85. The number of para-hydroxylation sites is 4. The van der Waals surface area contributed by atoms with Crippen molar-refractivity contribution in [2.45, 2.75) is 0 Å². The summed E-state index contributed by atoms with van der Waals surface area (Å²) in [5.74, 6) is 0.636. The first-order valence-corrected chi connectivity index (χ1v) is 17.0. The Balaban J connectivity index is 1.10. The van der Waals surface area contributed by atoms with Crippen LogP contribution in [0.1, 0.15) is 0 Å². The monoisotopic (exact) mass is 636 g/mol. The zero-order chi connectivity index (χ0) is 32.8. The molecular weight excluding hydrogens is 609 g/mol. The van der Waals surface area contributed by atoms with Crippen LogP contribution in [-0.2, 0) is 0 Å². The molecule has 0 unspecified atom stereocenters. The van der Waals surface area contributed by atoms with E-state index in [0.717, 1.165) is 27.9 Å². The Labute approximate surface area is 287 Å². The first-order chi connectivity index (χ1) is 24.8. The molecule has 11 aromatic rings. The molecule has 0 aliphatic rings. The van der Waals surface area contributed by atoms with Crippen molar-refractivity contribution in [1.29, 1.82) is 0 Å². The van der Waals surface area contributed by atoms with E-state index in [9.17, 15) is 0 Å². The smallest absolute Gasteiger partial charge is 0.227 e. The summed E-state index contributed by atoms with van der Waals surface area (Å²) in [6, 6.07) is 61.1. The van der Waals surface area contributed by atoms with Crippen molar-refractivity contribution in [1.82, 2.24) is 9.55 Å². The van der Waals surface area contributed by atoms with E-state index in [-0.39, 0.29) is 0 Å². The van der Waals surface area contributed by atoms with Crippen LogP contribution >= 0.6 is 0 Å². The zero-order valence-corrected chi connectivity index (χ0v) is 27.0. The van der Waals surface area contributed by atoms with Gasteiger partial charge in [0.25, 0.3) is 0 Å². The Morgan fingerprint density at radius 2 is 0.980 bits per heavy atom. The minimum Gasteiger partial charge on any atom is -0.436 e. The Bertz CT molecular complexity index is 2970. The molecule has 3 nitrogen and oxygen atoms in total. The van der Waals surface area contributed by atoms with Gasteiger partial charge in [0.15, 0.2) is 5.58 Å². The van der Waals surface area contributed by atoms with Crippen LogP contribution in [0.3, 0.4) is 0 Å². The number of nitrogens with zero attached hydrogens (tertiary/aromatic N) is 2. The molecule has 0 N–H and O–H groups in total. The van der Waals surface area contributed by atoms with Crippen LogP contribution in [0.4, 0.5) is 0 Å². The van der Waals surface area contributed by atoms with E-state index in [1.807, 2.05) is 24.3 Å². The summed E-state index contributed by atoms with van der Waals surface area (Å²) in [5, 5.41) is 10.2. The lowest BCUT2D eigenvalue weighted by Crippen LogP contribution is -1.94. The molecule has 232 valence electrons. The van der Waals surface area contributed by atoms with Gasteiger partial charge in [0.2, 0.25) is 5.89 Å². The molecule has 0 bridgehead atoms. The molecule has 0 amide bonds. The largest absolute Gasteiger partial charge is 0.436 e. The second kappa shape index (κ2) is 10.4. The van der Waals surface area contributed by atoms with Gasteiger partial charge < -0.3 is 8.98 Å². The maximum atomic E-state index is 6.09. The molecule has 0 saturated heterocycles. The van der Waals surface area contributed by atoms with Crippen LogP contribution in [0.2, 0.25) is 0 Å². The van der Waals surface area contributed by atoms with E-state index < -0.39 is 0 Å². The van der Waals surface area contributed by atoms with Gasteiger partial charge in [0, 0.05) is 22.0 Å². The van der Waals surface area contributed by atoms with E-state index >= 15 is 0 Å². The molecule has 0 fully saturated rings. The van der Waals surface area contributed by atoms with Crippen molar-refractivity contribution >= 4 is 65.2 Å². The molecule has 11 rings (SSSR count). The van der Waals surface area contributed by atoms with Gasteiger partial charge >= 0.3 is 0 Å². The molecule has 0 aliphatic heterocycles. The molecule has 3 heteroatoms. The Morgan fingerprint density at radius 1 is 0.420 bits per heavy atom. The van der Waals surface area contributed by atoms with E-state index in [2.05, 4.69) is 150 Å². The van der Waals surface area contributed by atoms with Gasteiger partial charge in [0.05, 0.1) is 11.0 Å². The predicted molar refractivity (Wildman–Crippen MR) is 208 cm³/mol. The van der Waals surface area contributed by atoms with Crippen molar-refractivity contribution in [3.8, 4) is 39.4 Å². The number of rotatable bonds is 4. The van der Waals surface area contributed by atoms with Gasteiger partial charge in [-0.1, -0.05) is 115 Å². The third-order valence-electron chi connectivity index (χ3n) is 10.4. The predicted octanol–water partition coefficient (Wildman–Crippen LogP) is 12.8. The van der Waals surface area contributed by atoms with Crippen LogP contribution in [-0.4, -0.2) is 9.55 Å². The van der Waals surface area contributed by atoms with Gasteiger partial charge in [-0.2, -0.15) is 0 Å². The van der Waals surface area contributed by atoms with E-state index in [1.165, 1.54) is 70.8 Å². The number of benzene rings is 9. The summed E-state index contributed by atoms with van der Waals surface area (Å²) in [5.41, 5.74) is 11.0. The van der Waals surface area contributed by atoms with Gasteiger partial charge in [-0.05, 0) is 109 Å².